The minimum atomic E-state index is 0. The van der Waals surface area contributed by atoms with Crippen molar-refractivity contribution >= 4 is 24.0 Å². The molecular weight excluding hydrogens is 217 g/mol. The maximum atomic E-state index is 5.63. The highest BCUT2D eigenvalue weighted by Crippen LogP contribution is 2.14. The molecule has 3 heteroatoms. The van der Waals surface area contributed by atoms with E-state index in [2.05, 4.69) is 6.92 Å². The second kappa shape index (κ2) is 13.5. The van der Waals surface area contributed by atoms with Crippen LogP contribution in [0.1, 0.15) is 58.3 Å². The Morgan fingerprint density at radius 1 is 1.14 bits per heavy atom. The first-order valence-corrected chi connectivity index (χ1v) is 6.16. The van der Waals surface area contributed by atoms with E-state index < -0.39 is 0 Å². The van der Waals surface area contributed by atoms with Crippen LogP contribution in [0.5, 0.6) is 0 Å². The van der Waals surface area contributed by atoms with Crippen molar-refractivity contribution in [3.63, 3.8) is 0 Å². The van der Waals surface area contributed by atoms with Gasteiger partial charge in [-0.25, -0.2) is 0 Å². The third-order valence-electron chi connectivity index (χ3n) is 2.39. The van der Waals surface area contributed by atoms with E-state index in [-0.39, 0.29) is 12.4 Å². The van der Waals surface area contributed by atoms with Crippen molar-refractivity contribution in [2.75, 3.05) is 5.88 Å². The molecule has 1 aliphatic rings. The van der Waals surface area contributed by atoms with Crippen LogP contribution in [-0.2, 0) is 0 Å². The lowest BCUT2D eigenvalue weighted by atomic mass is 9.97. The van der Waals surface area contributed by atoms with Crippen molar-refractivity contribution in [3.8, 4) is 0 Å². The lowest BCUT2D eigenvalue weighted by molar-refractivity contribution is 0.441. The van der Waals surface area contributed by atoms with Crippen LogP contribution in [0.2, 0.25) is 0 Å². The molecule has 0 aromatic heterocycles. The fourth-order valence-electron chi connectivity index (χ4n) is 1.48. The van der Waals surface area contributed by atoms with Crippen LogP contribution in [0.15, 0.2) is 0 Å². The van der Waals surface area contributed by atoms with Crippen molar-refractivity contribution in [3.05, 3.63) is 0 Å². The zero-order valence-electron chi connectivity index (χ0n) is 9.30. The van der Waals surface area contributed by atoms with Gasteiger partial charge in [0, 0.05) is 11.9 Å². The predicted octanol–water partition coefficient (Wildman–Crippen LogP) is 4.12. The van der Waals surface area contributed by atoms with Crippen LogP contribution < -0.4 is 5.73 Å². The molecule has 0 bridgehead atoms. The average molecular weight is 242 g/mol. The molecule has 0 saturated heterocycles. The molecule has 0 radical (unpaired) electrons. The van der Waals surface area contributed by atoms with E-state index in [1.54, 1.807) is 0 Å². The normalized spacial score (nSPS) is 16.5. The lowest BCUT2D eigenvalue weighted by Crippen LogP contribution is -2.22. The highest BCUT2D eigenvalue weighted by Gasteiger charge is 2.06. The summed E-state index contributed by atoms with van der Waals surface area (Å²) in [5, 5.41) is 0. The van der Waals surface area contributed by atoms with Gasteiger partial charge < -0.3 is 5.73 Å². The van der Waals surface area contributed by atoms with Gasteiger partial charge in [-0.05, 0) is 19.3 Å². The number of hydrogen-bond donors (Lipinski definition) is 1. The summed E-state index contributed by atoms with van der Waals surface area (Å²) in [5.74, 6) is 0.827. The number of alkyl halides is 1. The highest BCUT2D eigenvalue weighted by atomic mass is 35.5. The summed E-state index contributed by atoms with van der Waals surface area (Å²) in [6.45, 7) is 2.17. The summed E-state index contributed by atoms with van der Waals surface area (Å²) < 4.78 is 0. The summed E-state index contributed by atoms with van der Waals surface area (Å²) in [6.07, 6.45) is 10.4. The van der Waals surface area contributed by atoms with Crippen molar-refractivity contribution in [1.82, 2.24) is 0 Å². The van der Waals surface area contributed by atoms with Crippen molar-refractivity contribution in [2.45, 2.75) is 64.3 Å². The smallest absolute Gasteiger partial charge is 0.0223 e. The van der Waals surface area contributed by atoms with Crippen LogP contribution in [-0.4, -0.2) is 11.9 Å². The zero-order valence-corrected chi connectivity index (χ0v) is 10.9. The first-order valence-electron chi connectivity index (χ1n) is 5.62. The van der Waals surface area contributed by atoms with E-state index in [4.69, 9.17) is 17.3 Å². The van der Waals surface area contributed by atoms with Gasteiger partial charge in [-0.2, -0.15) is 0 Å². The number of nitrogens with two attached hydrogens (primary N) is 1. The molecule has 0 aromatic rings. The molecule has 0 amide bonds. The molecule has 1 fully saturated rings. The molecular formula is C11H25Cl2N. The first kappa shape index (κ1) is 17.0. The summed E-state index contributed by atoms with van der Waals surface area (Å²) in [5.41, 5.74) is 5.63. The first-order chi connectivity index (χ1) is 6.31. The lowest BCUT2D eigenvalue weighted by Gasteiger charge is -2.15. The maximum absolute atomic E-state index is 5.63. The summed E-state index contributed by atoms with van der Waals surface area (Å²) >= 11 is 5.38. The van der Waals surface area contributed by atoms with Crippen LogP contribution in [0, 0.1) is 0 Å². The summed E-state index contributed by atoms with van der Waals surface area (Å²) in [4.78, 5) is 0. The quantitative estimate of drug-likeness (QED) is 0.584. The van der Waals surface area contributed by atoms with E-state index in [0.717, 1.165) is 5.88 Å². The Morgan fingerprint density at radius 3 is 1.93 bits per heavy atom. The Hall–Kier alpha value is 0.540. The number of halogens is 2. The molecule has 0 spiro atoms. The number of hydrogen-bond acceptors (Lipinski definition) is 1. The van der Waals surface area contributed by atoms with Gasteiger partial charge in [0.2, 0.25) is 0 Å². The Kier molecular flexibility index (Phi) is 16.4. The third kappa shape index (κ3) is 12.5. The molecule has 88 valence electrons. The van der Waals surface area contributed by atoms with E-state index in [1.807, 2.05) is 0 Å². The van der Waals surface area contributed by atoms with Crippen LogP contribution >= 0.6 is 24.0 Å². The van der Waals surface area contributed by atoms with E-state index >= 15 is 0 Å². The minimum absolute atomic E-state index is 0. The molecule has 0 unspecified atom stereocenters. The molecule has 0 aromatic carbocycles. The Bertz CT molecular complexity index is 89.3. The van der Waals surface area contributed by atoms with Gasteiger partial charge in [-0.3, -0.25) is 0 Å². The minimum Gasteiger partial charge on any atom is -0.328 e. The Morgan fingerprint density at radius 2 is 1.71 bits per heavy atom. The molecule has 1 rings (SSSR count). The summed E-state index contributed by atoms with van der Waals surface area (Å²) in [7, 11) is 0. The maximum Gasteiger partial charge on any atom is 0.0223 e. The molecule has 0 aliphatic heterocycles. The Balaban J connectivity index is 0. The monoisotopic (exact) mass is 241 g/mol. The van der Waals surface area contributed by atoms with Gasteiger partial charge in [0.1, 0.15) is 0 Å². The van der Waals surface area contributed by atoms with E-state index in [1.165, 1.54) is 51.4 Å². The molecule has 1 saturated carbocycles. The summed E-state index contributed by atoms with van der Waals surface area (Å²) in [6, 6.07) is 0.536. The van der Waals surface area contributed by atoms with E-state index in [0.29, 0.717) is 6.04 Å². The average Bonchev–Trinajstić information content (AvgIpc) is 2.17. The van der Waals surface area contributed by atoms with Crippen molar-refractivity contribution in [1.29, 1.82) is 0 Å². The topological polar surface area (TPSA) is 26.0 Å². The third-order valence-corrected chi connectivity index (χ3v) is 2.65. The van der Waals surface area contributed by atoms with Gasteiger partial charge in [-0.1, -0.05) is 39.0 Å². The standard InChI is InChI=1S/C6H13N.C5H11Cl.ClH/c7-6-4-2-1-3-5-6;1-2-3-4-5-6;/h6H,1-5,7H2;2-5H2,1H3;1H. The van der Waals surface area contributed by atoms with Crippen LogP contribution in [0.25, 0.3) is 0 Å². The van der Waals surface area contributed by atoms with E-state index in [9.17, 15) is 0 Å². The second-order valence-electron chi connectivity index (χ2n) is 3.79. The molecule has 0 atom stereocenters. The SMILES string of the molecule is CCCCCCl.Cl.NC1CCCCC1. The largest absolute Gasteiger partial charge is 0.328 e. The van der Waals surface area contributed by atoms with Gasteiger partial charge in [-0.15, -0.1) is 24.0 Å². The molecule has 1 aliphatic carbocycles. The molecule has 0 heterocycles. The van der Waals surface area contributed by atoms with Crippen molar-refractivity contribution in [2.24, 2.45) is 5.73 Å². The molecule has 2 N–H and O–H groups in total. The van der Waals surface area contributed by atoms with Gasteiger partial charge in [0.15, 0.2) is 0 Å². The van der Waals surface area contributed by atoms with Gasteiger partial charge >= 0.3 is 0 Å². The van der Waals surface area contributed by atoms with Gasteiger partial charge in [0.05, 0.1) is 0 Å². The number of unbranched alkanes of at least 4 members (excludes halogenated alkanes) is 2. The highest BCUT2D eigenvalue weighted by molar-refractivity contribution is 6.17. The molecule has 14 heavy (non-hydrogen) atoms. The fraction of sp³-hybridized carbons (Fsp3) is 1.00. The van der Waals surface area contributed by atoms with Gasteiger partial charge in [0.25, 0.3) is 0 Å². The van der Waals surface area contributed by atoms with Crippen LogP contribution in [0.3, 0.4) is 0 Å². The zero-order chi connectivity index (χ0) is 9.94. The van der Waals surface area contributed by atoms with Crippen LogP contribution in [0.4, 0.5) is 0 Å². The second-order valence-corrected chi connectivity index (χ2v) is 4.17. The van der Waals surface area contributed by atoms with Crippen molar-refractivity contribution < 1.29 is 0 Å². The fourth-order valence-corrected chi connectivity index (χ4v) is 1.67. The predicted molar refractivity (Wildman–Crippen MR) is 68.6 cm³/mol. The molecule has 1 nitrogen and oxygen atoms in total. The Labute approximate surface area is 100 Å². The number of rotatable bonds is 3.